The van der Waals surface area contributed by atoms with Crippen LogP contribution in [0.15, 0.2) is 23.4 Å². The number of azo groups is 1. The number of nitrogens with zero attached hydrogens (tertiary/aromatic N) is 10. The van der Waals surface area contributed by atoms with Gasteiger partial charge in [-0.1, -0.05) is 15.4 Å². The Hall–Kier alpha value is -4.44. The lowest BCUT2D eigenvalue weighted by atomic mass is 10.4. The van der Waals surface area contributed by atoms with Crippen LogP contribution in [0, 0.1) is 5.21 Å². The first-order valence-electron chi connectivity index (χ1n) is 6.15. The Morgan fingerprint density at radius 3 is 2.04 bits per heavy atom. The molecule has 0 saturated heterocycles. The predicted octanol–water partition coefficient (Wildman–Crippen LogP) is -0.357. The SMILES string of the molecule is Nc1nc(-c2nonc2N=[N+]([O-])c2nonc2-c2noc(N)n2)no1. The quantitative estimate of drug-likeness (QED) is 0.271. The Labute approximate surface area is 133 Å². The largest absolute Gasteiger partial charge is 0.690 e. The first-order valence-corrected chi connectivity index (χ1v) is 6.15. The van der Waals surface area contributed by atoms with Gasteiger partial charge in [-0.05, 0) is 15.5 Å². The van der Waals surface area contributed by atoms with Crippen molar-refractivity contribution in [3.63, 3.8) is 0 Å². The zero-order valence-corrected chi connectivity index (χ0v) is 11.7. The summed E-state index contributed by atoms with van der Waals surface area (Å²) in [6.45, 7) is 0. The van der Waals surface area contributed by atoms with E-state index in [0.717, 1.165) is 0 Å². The lowest BCUT2D eigenvalue weighted by molar-refractivity contribution is -0.440. The van der Waals surface area contributed by atoms with Crippen molar-refractivity contribution in [1.29, 1.82) is 0 Å². The standard InChI is InChI=1S/C8H4N12O5/c9-7-11-3(16-22-7)1-5(18-24-14-1)13-20(21)6-2(15-25-19-6)4-12-8(10)23-17-4/h(H2,9,11,16)(H2,10,12,17). The molecule has 4 aromatic rings. The van der Waals surface area contributed by atoms with Gasteiger partial charge in [0.1, 0.15) is 0 Å². The average Bonchev–Trinajstić information content (AvgIpc) is 3.32. The van der Waals surface area contributed by atoms with Crippen molar-refractivity contribution in [2.45, 2.75) is 0 Å². The van der Waals surface area contributed by atoms with Crippen LogP contribution in [0.1, 0.15) is 0 Å². The van der Waals surface area contributed by atoms with E-state index in [0.29, 0.717) is 0 Å². The van der Waals surface area contributed by atoms with E-state index in [4.69, 9.17) is 11.5 Å². The van der Waals surface area contributed by atoms with Crippen LogP contribution >= 0.6 is 0 Å². The van der Waals surface area contributed by atoms with E-state index in [-0.39, 0.29) is 45.7 Å². The average molecular weight is 348 g/mol. The highest BCUT2D eigenvalue weighted by Crippen LogP contribution is 2.28. The molecule has 0 aliphatic rings. The predicted molar refractivity (Wildman–Crippen MR) is 69.4 cm³/mol. The van der Waals surface area contributed by atoms with Crippen LogP contribution < -0.4 is 11.5 Å². The van der Waals surface area contributed by atoms with Gasteiger partial charge in [-0.2, -0.15) is 9.97 Å². The third kappa shape index (κ3) is 2.46. The van der Waals surface area contributed by atoms with Crippen molar-refractivity contribution in [2.24, 2.45) is 5.11 Å². The minimum atomic E-state index is -0.401. The Balaban J connectivity index is 1.72. The topological polar surface area (TPSA) is 246 Å². The Kier molecular flexibility index (Phi) is 3.02. The number of rotatable bonds is 4. The molecule has 17 nitrogen and oxygen atoms in total. The summed E-state index contributed by atoms with van der Waals surface area (Å²) in [5, 5.41) is 36.7. The van der Waals surface area contributed by atoms with E-state index in [1.165, 1.54) is 0 Å². The number of hydrogen-bond acceptors (Lipinski definition) is 16. The van der Waals surface area contributed by atoms with E-state index < -0.39 is 5.82 Å². The first-order chi connectivity index (χ1) is 12.1. The first kappa shape index (κ1) is 14.2. The van der Waals surface area contributed by atoms with Crippen molar-refractivity contribution in [3.05, 3.63) is 5.21 Å². The highest BCUT2D eigenvalue weighted by atomic mass is 16.6. The fourth-order valence-electron chi connectivity index (χ4n) is 1.64. The molecule has 25 heavy (non-hydrogen) atoms. The van der Waals surface area contributed by atoms with Gasteiger partial charge in [0, 0.05) is 0 Å². The highest BCUT2D eigenvalue weighted by Gasteiger charge is 2.28. The molecule has 0 fully saturated rings. The van der Waals surface area contributed by atoms with E-state index >= 15 is 0 Å². The molecule has 0 aliphatic heterocycles. The van der Waals surface area contributed by atoms with Gasteiger partial charge in [0.15, 0.2) is 5.16 Å². The number of nitrogen functional groups attached to an aromatic ring is 2. The van der Waals surface area contributed by atoms with Crippen molar-refractivity contribution >= 4 is 23.7 Å². The molecule has 0 unspecified atom stereocenters. The Bertz CT molecular complexity index is 1060. The van der Waals surface area contributed by atoms with E-state index in [1.54, 1.807) is 0 Å². The Morgan fingerprint density at radius 2 is 1.40 bits per heavy atom. The van der Waals surface area contributed by atoms with Gasteiger partial charge >= 0.3 is 17.8 Å². The number of aromatic nitrogens is 8. The number of anilines is 2. The fourth-order valence-corrected chi connectivity index (χ4v) is 1.64. The zero-order chi connectivity index (χ0) is 17.4. The summed E-state index contributed by atoms with van der Waals surface area (Å²) in [7, 11) is 0. The molecule has 4 N–H and O–H groups in total. The third-order valence-electron chi connectivity index (χ3n) is 2.62. The van der Waals surface area contributed by atoms with Gasteiger partial charge in [-0.3, -0.25) is 0 Å². The molecule has 0 aromatic carbocycles. The van der Waals surface area contributed by atoms with Crippen LogP contribution in [-0.4, -0.2) is 45.8 Å². The second-order valence-corrected chi connectivity index (χ2v) is 4.16. The molecule has 0 aliphatic carbocycles. The van der Waals surface area contributed by atoms with E-state index in [9.17, 15) is 5.21 Å². The molecule has 0 spiro atoms. The van der Waals surface area contributed by atoms with Crippen LogP contribution in [0.5, 0.6) is 0 Å². The number of nitrogens with two attached hydrogens (primary N) is 2. The second kappa shape index (κ2) is 5.33. The van der Waals surface area contributed by atoms with Gasteiger partial charge in [0.05, 0.1) is 0 Å². The van der Waals surface area contributed by atoms with Gasteiger partial charge < -0.3 is 25.7 Å². The summed E-state index contributed by atoms with van der Waals surface area (Å²) in [5.41, 5.74) is 10.4. The van der Waals surface area contributed by atoms with Gasteiger partial charge in [0.2, 0.25) is 17.3 Å². The maximum Gasteiger partial charge on any atom is 0.430 e. The second-order valence-electron chi connectivity index (χ2n) is 4.16. The molecule has 4 aromatic heterocycles. The van der Waals surface area contributed by atoms with Gasteiger partial charge in [-0.15, -0.1) is 9.49 Å². The lowest BCUT2D eigenvalue weighted by Gasteiger charge is -1.98. The lowest BCUT2D eigenvalue weighted by Crippen LogP contribution is -1.95. The number of hydrogen-bond donors (Lipinski definition) is 2. The summed E-state index contributed by atoms with van der Waals surface area (Å²) >= 11 is 0. The molecule has 0 saturated carbocycles. The summed E-state index contributed by atoms with van der Waals surface area (Å²) in [6, 6.07) is -0.461. The highest BCUT2D eigenvalue weighted by molar-refractivity contribution is 5.61. The summed E-state index contributed by atoms with van der Waals surface area (Å²) in [6.07, 6.45) is 0. The molecule has 0 bridgehead atoms. The minimum absolute atomic E-state index is 0.0187. The van der Waals surface area contributed by atoms with Crippen molar-refractivity contribution < 1.29 is 23.2 Å². The van der Waals surface area contributed by atoms with E-state index in [1.807, 2.05) is 0 Å². The molecule has 0 radical (unpaired) electrons. The molecular formula is C8H4N12O5. The molecule has 17 heteroatoms. The molecule has 4 heterocycles. The van der Waals surface area contributed by atoms with Crippen molar-refractivity contribution in [3.8, 4) is 23.0 Å². The summed E-state index contributed by atoms with van der Waals surface area (Å²) in [4.78, 5) is 7.43. The van der Waals surface area contributed by atoms with Crippen LogP contribution in [-0.2, 0) is 0 Å². The van der Waals surface area contributed by atoms with Gasteiger partial charge in [0.25, 0.3) is 11.5 Å². The Morgan fingerprint density at radius 1 is 0.800 bits per heavy atom. The molecule has 0 amide bonds. The van der Waals surface area contributed by atoms with Gasteiger partial charge in [-0.25, -0.2) is 4.63 Å². The molecular weight excluding hydrogens is 344 g/mol. The van der Waals surface area contributed by atoms with Crippen LogP contribution in [0.4, 0.5) is 23.7 Å². The van der Waals surface area contributed by atoms with E-state index in [2.05, 4.69) is 64.3 Å². The third-order valence-corrected chi connectivity index (χ3v) is 2.62. The summed E-state index contributed by atoms with van der Waals surface area (Å²) < 4.78 is 18.2. The van der Waals surface area contributed by atoms with Crippen LogP contribution in [0.3, 0.4) is 0 Å². The normalized spacial score (nSPS) is 11.9. The molecule has 4 rings (SSSR count). The van der Waals surface area contributed by atoms with Crippen LogP contribution in [0.2, 0.25) is 0 Å². The maximum absolute atomic E-state index is 12.2. The van der Waals surface area contributed by atoms with Crippen molar-refractivity contribution in [1.82, 2.24) is 40.9 Å². The van der Waals surface area contributed by atoms with Crippen molar-refractivity contribution in [2.75, 3.05) is 11.5 Å². The minimum Gasteiger partial charge on any atom is -0.690 e. The molecule has 0 atom stereocenters. The van der Waals surface area contributed by atoms with Crippen LogP contribution in [0.25, 0.3) is 23.0 Å². The smallest absolute Gasteiger partial charge is 0.430 e. The maximum atomic E-state index is 12.2. The zero-order valence-electron chi connectivity index (χ0n) is 11.7. The summed E-state index contributed by atoms with van der Waals surface area (Å²) in [5.74, 6) is -0.899. The monoisotopic (exact) mass is 348 g/mol. The fraction of sp³-hybridized carbons (Fsp3) is 0. The molecule has 126 valence electrons.